The van der Waals surface area contributed by atoms with E-state index in [4.69, 9.17) is 9.72 Å². The number of amides is 1. The highest BCUT2D eigenvalue weighted by Gasteiger charge is 2.22. The van der Waals surface area contributed by atoms with Gasteiger partial charge in [0.1, 0.15) is 22.6 Å². The van der Waals surface area contributed by atoms with Gasteiger partial charge in [0.25, 0.3) is 0 Å². The van der Waals surface area contributed by atoms with E-state index in [1.165, 1.54) is 27.2 Å². The fourth-order valence-electron chi connectivity index (χ4n) is 3.53. The van der Waals surface area contributed by atoms with Crippen molar-refractivity contribution in [3.8, 4) is 10.6 Å². The van der Waals surface area contributed by atoms with E-state index in [1.54, 1.807) is 0 Å². The molecule has 1 fully saturated rings. The van der Waals surface area contributed by atoms with Crippen LogP contribution in [0, 0.1) is 6.92 Å². The van der Waals surface area contributed by atoms with Gasteiger partial charge in [-0.05, 0) is 30.5 Å². The number of carbonyl (C=O) groups is 1. The average molecular weight is 468 g/mol. The van der Waals surface area contributed by atoms with Crippen LogP contribution >= 0.6 is 22.7 Å². The third kappa shape index (κ3) is 4.16. The van der Waals surface area contributed by atoms with Crippen LogP contribution in [0.5, 0.6) is 0 Å². The van der Waals surface area contributed by atoms with Crippen molar-refractivity contribution in [1.82, 2.24) is 14.5 Å². The van der Waals surface area contributed by atoms with Crippen LogP contribution in [0.15, 0.2) is 46.6 Å². The fraction of sp³-hybridized carbons (Fsp3) is 0.273. The predicted octanol–water partition coefficient (Wildman–Crippen LogP) is 3.37. The Morgan fingerprint density at radius 2 is 1.94 bits per heavy atom. The molecule has 0 spiro atoms. The molecular weight excluding hydrogens is 446 g/mol. The number of carbonyl (C=O) groups excluding carboxylic acids is 1. The maximum absolute atomic E-state index is 13.0. The molecule has 0 aliphatic carbocycles. The first kappa shape index (κ1) is 20.8. The number of thiazole rings is 1. The van der Waals surface area contributed by atoms with Crippen LogP contribution in [0.4, 0.5) is 10.8 Å². The second kappa shape index (κ2) is 8.81. The van der Waals surface area contributed by atoms with E-state index in [1.807, 2.05) is 48.7 Å². The van der Waals surface area contributed by atoms with E-state index < -0.39 is 5.69 Å². The van der Waals surface area contributed by atoms with Gasteiger partial charge < -0.3 is 15.0 Å². The number of fused-ring (bicyclic) bond motifs is 1. The number of ether oxygens (including phenoxy) is 1. The van der Waals surface area contributed by atoms with E-state index in [9.17, 15) is 9.59 Å². The lowest BCUT2D eigenvalue weighted by Crippen LogP contribution is -2.36. The number of anilines is 2. The van der Waals surface area contributed by atoms with Gasteiger partial charge in [-0.25, -0.2) is 9.78 Å². The van der Waals surface area contributed by atoms with Crippen molar-refractivity contribution in [3.05, 3.63) is 57.8 Å². The molecule has 4 aromatic rings. The van der Waals surface area contributed by atoms with Crippen LogP contribution in [0.2, 0.25) is 0 Å². The highest BCUT2D eigenvalue weighted by Crippen LogP contribution is 2.35. The van der Waals surface area contributed by atoms with Gasteiger partial charge in [0.05, 0.1) is 18.1 Å². The summed E-state index contributed by atoms with van der Waals surface area (Å²) in [5.41, 5.74) is 2.53. The van der Waals surface area contributed by atoms with E-state index >= 15 is 0 Å². The highest BCUT2D eigenvalue weighted by atomic mass is 32.1. The largest absolute Gasteiger partial charge is 0.378 e. The topological polar surface area (TPSA) is 89.3 Å². The number of rotatable bonds is 5. The number of benzene rings is 1. The predicted molar refractivity (Wildman–Crippen MR) is 128 cm³/mol. The van der Waals surface area contributed by atoms with Gasteiger partial charge in [0.2, 0.25) is 5.91 Å². The SMILES string of the molecule is Cc1ccc(NC(=O)Cn2c(=O)nc(-c3cccs3)c3nc(N4CCOCC4)sc32)cc1. The lowest BCUT2D eigenvalue weighted by Gasteiger charge is -2.25. The lowest BCUT2D eigenvalue weighted by atomic mass is 10.2. The summed E-state index contributed by atoms with van der Waals surface area (Å²) in [5, 5.41) is 5.60. The van der Waals surface area contributed by atoms with Gasteiger partial charge in [-0.2, -0.15) is 4.98 Å². The molecule has 1 aliphatic rings. The van der Waals surface area contributed by atoms with E-state index in [0.29, 0.717) is 34.9 Å². The monoisotopic (exact) mass is 467 g/mol. The standard InChI is InChI=1S/C22H21N5O3S2/c1-14-4-6-15(7-5-14)23-17(28)13-27-20-19(18(24-21(27)29)16-3-2-12-31-16)25-22(32-20)26-8-10-30-11-9-26/h2-7,12H,8-11,13H2,1H3,(H,23,28). The smallest absolute Gasteiger partial charge is 0.349 e. The number of thiophene rings is 1. The summed E-state index contributed by atoms with van der Waals surface area (Å²) in [7, 11) is 0. The van der Waals surface area contributed by atoms with Crippen molar-refractivity contribution in [2.45, 2.75) is 13.5 Å². The number of hydrogen-bond donors (Lipinski definition) is 1. The molecule has 3 aromatic heterocycles. The highest BCUT2D eigenvalue weighted by molar-refractivity contribution is 7.22. The van der Waals surface area contributed by atoms with Crippen LogP contribution < -0.4 is 15.9 Å². The van der Waals surface area contributed by atoms with Crippen molar-refractivity contribution >= 4 is 49.7 Å². The van der Waals surface area contributed by atoms with Crippen LogP contribution in [0.3, 0.4) is 0 Å². The molecule has 8 nitrogen and oxygen atoms in total. The van der Waals surface area contributed by atoms with Crippen LogP contribution in [-0.2, 0) is 16.1 Å². The van der Waals surface area contributed by atoms with Gasteiger partial charge in [0, 0.05) is 18.8 Å². The molecule has 5 rings (SSSR count). The minimum Gasteiger partial charge on any atom is -0.378 e. The first-order chi connectivity index (χ1) is 15.6. The van der Waals surface area contributed by atoms with Crippen LogP contribution in [0.25, 0.3) is 20.9 Å². The molecule has 164 valence electrons. The first-order valence-corrected chi connectivity index (χ1v) is 11.9. The zero-order valence-electron chi connectivity index (χ0n) is 17.4. The third-order valence-electron chi connectivity index (χ3n) is 5.18. The number of aromatic nitrogens is 3. The van der Waals surface area contributed by atoms with Crippen LogP contribution in [0.1, 0.15) is 5.56 Å². The minimum atomic E-state index is -0.461. The summed E-state index contributed by atoms with van der Waals surface area (Å²) in [4.78, 5) is 38.6. The Hall–Kier alpha value is -3.08. The molecule has 0 unspecified atom stereocenters. The summed E-state index contributed by atoms with van der Waals surface area (Å²) in [6.07, 6.45) is 0. The lowest BCUT2D eigenvalue weighted by molar-refractivity contribution is -0.116. The molecule has 10 heteroatoms. The van der Waals surface area contributed by atoms with E-state index in [-0.39, 0.29) is 12.5 Å². The molecule has 4 heterocycles. The Balaban J connectivity index is 1.54. The molecule has 1 amide bonds. The average Bonchev–Trinajstić information content (AvgIpc) is 3.48. The molecule has 1 N–H and O–H groups in total. The normalized spacial score (nSPS) is 14.1. The molecular formula is C22H21N5O3S2. The van der Waals surface area contributed by atoms with E-state index in [0.717, 1.165) is 28.7 Å². The maximum atomic E-state index is 13.0. The summed E-state index contributed by atoms with van der Waals surface area (Å²) < 4.78 is 6.87. The zero-order valence-corrected chi connectivity index (χ0v) is 19.0. The Morgan fingerprint density at radius 3 is 2.66 bits per heavy atom. The van der Waals surface area contributed by atoms with Gasteiger partial charge in [-0.3, -0.25) is 9.36 Å². The molecule has 0 bridgehead atoms. The number of hydrogen-bond acceptors (Lipinski definition) is 8. The van der Waals surface area contributed by atoms with Crippen LogP contribution in [-0.4, -0.2) is 46.7 Å². The Morgan fingerprint density at radius 1 is 1.16 bits per heavy atom. The third-order valence-corrected chi connectivity index (χ3v) is 7.19. The molecule has 1 aromatic carbocycles. The van der Waals surface area contributed by atoms with Gasteiger partial charge in [0.15, 0.2) is 5.13 Å². The Bertz CT molecular complexity index is 1310. The molecule has 0 radical (unpaired) electrons. The number of nitrogens with zero attached hydrogens (tertiary/aromatic N) is 4. The number of aryl methyl sites for hydroxylation is 1. The Kier molecular flexibility index (Phi) is 5.73. The van der Waals surface area contributed by atoms with Crippen molar-refractivity contribution in [2.75, 3.05) is 36.5 Å². The summed E-state index contributed by atoms with van der Waals surface area (Å²) in [5.74, 6) is -0.288. The summed E-state index contributed by atoms with van der Waals surface area (Å²) >= 11 is 2.92. The number of nitrogens with one attached hydrogen (secondary N) is 1. The molecule has 1 saturated heterocycles. The quantitative estimate of drug-likeness (QED) is 0.484. The first-order valence-electron chi connectivity index (χ1n) is 10.2. The van der Waals surface area contributed by atoms with Crippen molar-refractivity contribution < 1.29 is 9.53 Å². The fourth-order valence-corrected chi connectivity index (χ4v) is 5.36. The zero-order chi connectivity index (χ0) is 22.1. The van der Waals surface area contributed by atoms with Gasteiger partial charge in [-0.1, -0.05) is 35.1 Å². The summed E-state index contributed by atoms with van der Waals surface area (Å²) in [6.45, 7) is 4.60. The maximum Gasteiger partial charge on any atom is 0.349 e. The molecule has 0 saturated carbocycles. The van der Waals surface area contributed by atoms with Crippen molar-refractivity contribution in [1.29, 1.82) is 0 Å². The molecule has 0 atom stereocenters. The molecule has 32 heavy (non-hydrogen) atoms. The Labute approximate surface area is 192 Å². The summed E-state index contributed by atoms with van der Waals surface area (Å²) in [6, 6.07) is 11.4. The second-order valence-electron chi connectivity index (χ2n) is 7.47. The minimum absolute atomic E-state index is 0.133. The van der Waals surface area contributed by atoms with Crippen molar-refractivity contribution in [3.63, 3.8) is 0 Å². The van der Waals surface area contributed by atoms with Crippen molar-refractivity contribution in [2.24, 2.45) is 0 Å². The number of morpholine rings is 1. The van der Waals surface area contributed by atoms with E-state index in [2.05, 4.69) is 15.2 Å². The van der Waals surface area contributed by atoms with Gasteiger partial charge in [-0.15, -0.1) is 11.3 Å². The molecule has 1 aliphatic heterocycles. The second-order valence-corrected chi connectivity index (χ2v) is 9.37. The van der Waals surface area contributed by atoms with Gasteiger partial charge >= 0.3 is 5.69 Å².